The van der Waals surface area contributed by atoms with Crippen molar-refractivity contribution in [3.8, 4) is 17.1 Å². The number of hydrogen-bond donors (Lipinski definition) is 1. The molecule has 1 aromatic heterocycles. The van der Waals surface area contributed by atoms with Gasteiger partial charge in [0.15, 0.2) is 18.2 Å². The second-order valence-corrected chi connectivity index (χ2v) is 3.77. The molecule has 0 unspecified atom stereocenters. The fourth-order valence-electron chi connectivity index (χ4n) is 1.83. The Labute approximate surface area is 102 Å². The quantitative estimate of drug-likeness (QED) is 0.872. The van der Waals surface area contributed by atoms with Crippen molar-refractivity contribution in [3.63, 3.8) is 0 Å². The van der Waals surface area contributed by atoms with Crippen molar-refractivity contribution in [2.24, 2.45) is 0 Å². The van der Waals surface area contributed by atoms with Gasteiger partial charge in [-0.15, -0.1) is 0 Å². The van der Waals surface area contributed by atoms with E-state index in [-0.39, 0.29) is 12.5 Å². The van der Waals surface area contributed by atoms with Crippen LogP contribution in [0.5, 0.6) is 5.75 Å². The topological polar surface area (TPSA) is 81.8 Å². The molecule has 1 aliphatic rings. The van der Waals surface area contributed by atoms with Gasteiger partial charge in [-0.25, -0.2) is 4.79 Å². The summed E-state index contributed by atoms with van der Waals surface area (Å²) in [5.74, 6) is -0.0207. The highest BCUT2D eigenvalue weighted by Crippen LogP contribution is 2.33. The first-order valence-corrected chi connectivity index (χ1v) is 5.28. The Balaban J connectivity index is 2.08. The zero-order valence-corrected chi connectivity index (χ0v) is 9.25. The number of hydrogen-bond acceptors (Lipinski definition) is 5. The van der Waals surface area contributed by atoms with Gasteiger partial charge in [0, 0.05) is 17.2 Å². The summed E-state index contributed by atoms with van der Waals surface area (Å²) in [5.41, 5.74) is 1.43. The minimum Gasteiger partial charge on any atom is -0.476 e. The van der Waals surface area contributed by atoms with Gasteiger partial charge in [-0.2, -0.15) is 0 Å². The minimum atomic E-state index is -1.12. The highest BCUT2D eigenvalue weighted by Gasteiger charge is 2.19. The normalized spacial score (nSPS) is 13.8. The van der Waals surface area contributed by atoms with E-state index < -0.39 is 5.97 Å². The lowest BCUT2D eigenvalue weighted by molar-refractivity contribution is -0.0161. The van der Waals surface area contributed by atoms with E-state index in [0.717, 1.165) is 11.1 Å². The molecule has 6 nitrogen and oxygen atoms in total. The molecule has 18 heavy (non-hydrogen) atoms. The molecule has 0 atom stereocenters. The van der Waals surface area contributed by atoms with Crippen molar-refractivity contribution in [3.05, 3.63) is 35.5 Å². The molecule has 1 aliphatic heterocycles. The summed E-state index contributed by atoms with van der Waals surface area (Å²) in [7, 11) is 0. The fourth-order valence-corrected chi connectivity index (χ4v) is 1.83. The van der Waals surface area contributed by atoms with Crippen LogP contribution in [-0.4, -0.2) is 23.0 Å². The number of carboxylic acids is 1. The van der Waals surface area contributed by atoms with Gasteiger partial charge < -0.3 is 19.1 Å². The third-order valence-corrected chi connectivity index (χ3v) is 2.67. The molecular formula is C12H9NO5. The SMILES string of the molecule is O=C(O)c1cc(-c2cccc3c2COCO3)on1. The first-order chi connectivity index (χ1) is 8.75. The van der Waals surface area contributed by atoms with Crippen molar-refractivity contribution in [2.75, 3.05) is 6.79 Å². The summed E-state index contributed by atoms with van der Waals surface area (Å²) in [5, 5.41) is 12.3. The molecule has 0 fully saturated rings. The largest absolute Gasteiger partial charge is 0.476 e. The van der Waals surface area contributed by atoms with Crippen LogP contribution in [0.1, 0.15) is 16.1 Å². The predicted molar refractivity (Wildman–Crippen MR) is 59.2 cm³/mol. The Hall–Kier alpha value is -2.34. The molecule has 0 aliphatic carbocycles. The van der Waals surface area contributed by atoms with Crippen LogP contribution in [0.3, 0.4) is 0 Å². The lowest BCUT2D eigenvalue weighted by Crippen LogP contribution is -2.11. The molecule has 0 spiro atoms. The van der Waals surface area contributed by atoms with Gasteiger partial charge in [0.1, 0.15) is 5.75 Å². The average molecular weight is 247 g/mol. The zero-order valence-electron chi connectivity index (χ0n) is 9.25. The third-order valence-electron chi connectivity index (χ3n) is 2.67. The molecule has 0 radical (unpaired) electrons. The van der Waals surface area contributed by atoms with Gasteiger partial charge in [-0.05, 0) is 6.07 Å². The lowest BCUT2D eigenvalue weighted by Gasteiger charge is -2.19. The first-order valence-electron chi connectivity index (χ1n) is 5.28. The highest BCUT2D eigenvalue weighted by molar-refractivity contribution is 5.86. The summed E-state index contributed by atoms with van der Waals surface area (Å²) in [6, 6.07) is 6.83. The van der Waals surface area contributed by atoms with E-state index >= 15 is 0 Å². The molecule has 1 N–H and O–H groups in total. The Morgan fingerprint density at radius 1 is 1.39 bits per heavy atom. The summed E-state index contributed by atoms with van der Waals surface area (Å²) < 4.78 is 15.6. The van der Waals surface area contributed by atoms with Gasteiger partial charge in [0.25, 0.3) is 0 Å². The van der Waals surface area contributed by atoms with Crippen molar-refractivity contribution in [1.82, 2.24) is 5.16 Å². The third kappa shape index (κ3) is 1.72. The summed E-state index contributed by atoms with van der Waals surface area (Å²) >= 11 is 0. The Kier molecular flexibility index (Phi) is 2.49. The molecule has 6 heteroatoms. The average Bonchev–Trinajstić information content (AvgIpc) is 2.87. The number of benzene rings is 1. The van der Waals surface area contributed by atoms with Gasteiger partial charge in [-0.1, -0.05) is 17.3 Å². The van der Waals surface area contributed by atoms with E-state index in [1.807, 2.05) is 18.2 Å². The van der Waals surface area contributed by atoms with Crippen molar-refractivity contribution < 1.29 is 23.9 Å². The maximum absolute atomic E-state index is 10.8. The van der Waals surface area contributed by atoms with Crippen LogP contribution in [0.2, 0.25) is 0 Å². The number of fused-ring (bicyclic) bond motifs is 1. The van der Waals surface area contributed by atoms with Crippen LogP contribution >= 0.6 is 0 Å². The van der Waals surface area contributed by atoms with Crippen molar-refractivity contribution in [1.29, 1.82) is 0 Å². The fraction of sp³-hybridized carbons (Fsp3) is 0.167. The maximum Gasteiger partial charge on any atom is 0.358 e. The van der Waals surface area contributed by atoms with Gasteiger partial charge in [0.2, 0.25) is 0 Å². The molecule has 3 rings (SSSR count). The zero-order chi connectivity index (χ0) is 12.5. The molecule has 1 aromatic carbocycles. The monoisotopic (exact) mass is 247 g/mol. The van der Waals surface area contributed by atoms with Gasteiger partial charge in [0.05, 0.1) is 6.61 Å². The van der Waals surface area contributed by atoms with Crippen LogP contribution < -0.4 is 4.74 Å². The van der Waals surface area contributed by atoms with Crippen LogP contribution in [0.25, 0.3) is 11.3 Å². The number of rotatable bonds is 2. The van der Waals surface area contributed by atoms with E-state index in [1.54, 1.807) is 0 Å². The van der Waals surface area contributed by atoms with E-state index in [1.165, 1.54) is 6.07 Å². The van der Waals surface area contributed by atoms with Crippen LogP contribution in [0.15, 0.2) is 28.8 Å². The number of carboxylic acid groups (broad SMARTS) is 1. The number of nitrogens with zero attached hydrogens (tertiary/aromatic N) is 1. The maximum atomic E-state index is 10.8. The second kappa shape index (κ2) is 4.15. The van der Waals surface area contributed by atoms with E-state index in [4.69, 9.17) is 19.1 Å². The Morgan fingerprint density at radius 3 is 3.06 bits per heavy atom. The number of aromatic nitrogens is 1. The number of carbonyl (C=O) groups is 1. The Morgan fingerprint density at radius 2 is 2.28 bits per heavy atom. The molecule has 2 aromatic rings. The highest BCUT2D eigenvalue weighted by atomic mass is 16.7. The number of ether oxygens (including phenoxy) is 2. The second-order valence-electron chi connectivity index (χ2n) is 3.77. The summed E-state index contributed by atoms with van der Waals surface area (Å²) in [6.07, 6.45) is 0. The molecule has 2 heterocycles. The molecule has 0 amide bonds. The molecule has 92 valence electrons. The number of aromatic carboxylic acids is 1. The summed E-state index contributed by atoms with van der Waals surface area (Å²) in [4.78, 5) is 10.8. The van der Waals surface area contributed by atoms with Crippen molar-refractivity contribution in [2.45, 2.75) is 6.61 Å². The van der Waals surface area contributed by atoms with Crippen LogP contribution in [0.4, 0.5) is 0 Å². The lowest BCUT2D eigenvalue weighted by atomic mass is 10.0. The van der Waals surface area contributed by atoms with Crippen molar-refractivity contribution >= 4 is 5.97 Å². The van der Waals surface area contributed by atoms with Gasteiger partial charge >= 0.3 is 5.97 Å². The molecule has 0 bridgehead atoms. The van der Waals surface area contributed by atoms with Gasteiger partial charge in [-0.3, -0.25) is 0 Å². The predicted octanol–water partition coefficient (Wildman–Crippen LogP) is 1.91. The van der Waals surface area contributed by atoms with Crippen LogP contribution in [-0.2, 0) is 11.3 Å². The molecule has 0 saturated carbocycles. The van der Waals surface area contributed by atoms with E-state index in [9.17, 15) is 4.79 Å². The van der Waals surface area contributed by atoms with Crippen LogP contribution in [0, 0.1) is 0 Å². The molecule has 0 saturated heterocycles. The summed E-state index contributed by atoms with van der Waals surface area (Å²) in [6.45, 7) is 0.613. The van der Waals surface area contributed by atoms with E-state index in [0.29, 0.717) is 18.1 Å². The molecular weight excluding hydrogens is 238 g/mol. The standard InChI is InChI=1S/C12H9NO5/c14-12(15)9-4-11(18-13-9)7-2-1-3-10-8(7)5-16-6-17-10/h1-4H,5-6H2,(H,14,15). The smallest absolute Gasteiger partial charge is 0.358 e. The van der Waals surface area contributed by atoms with E-state index in [2.05, 4.69) is 5.16 Å². The first kappa shape index (κ1) is 10.8. The minimum absolute atomic E-state index is 0.125. The Bertz CT molecular complexity index is 604.